The topological polar surface area (TPSA) is 29.3 Å². The normalized spacial score (nSPS) is 14.4. The SMILES string of the molecule is CCN1C=Cc2c(N)cccc2C1. The lowest BCUT2D eigenvalue weighted by molar-refractivity contribution is 0.387. The summed E-state index contributed by atoms with van der Waals surface area (Å²) in [6.45, 7) is 4.18. The number of hydrogen-bond donors (Lipinski definition) is 1. The van der Waals surface area contributed by atoms with Crippen molar-refractivity contribution in [3.8, 4) is 0 Å². The second kappa shape index (κ2) is 3.13. The third kappa shape index (κ3) is 1.39. The lowest BCUT2D eigenvalue weighted by Crippen LogP contribution is -2.19. The zero-order valence-electron chi connectivity index (χ0n) is 7.83. The van der Waals surface area contributed by atoms with Crippen molar-refractivity contribution in [3.05, 3.63) is 35.5 Å². The first-order chi connectivity index (χ1) is 6.31. The van der Waals surface area contributed by atoms with E-state index in [0.29, 0.717) is 0 Å². The summed E-state index contributed by atoms with van der Waals surface area (Å²) >= 11 is 0. The van der Waals surface area contributed by atoms with E-state index >= 15 is 0 Å². The Morgan fingerprint density at radius 2 is 2.31 bits per heavy atom. The molecule has 0 aromatic heterocycles. The van der Waals surface area contributed by atoms with Gasteiger partial charge in [0, 0.05) is 30.5 Å². The van der Waals surface area contributed by atoms with Crippen molar-refractivity contribution in [2.75, 3.05) is 12.3 Å². The molecule has 1 aromatic rings. The van der Waals surface area contributed by atoms with E-state index < -0.39 is 0 Å². The predicted octanol–water partition coefficient (Wildman–Crippen LogP) is 2.08. The summed E-state index contributed by atoms with van der Waals surface area (Å²) in [6.07, 6.45) is 4.20. The van der Waals surface area contributed by atoms with Crippen LogP contribution in [0.5, 0.6) is 0 Å². The molecule has 0 unspecified atom stereocenters. The van der Waals surface area contributed by atoms with E-state index in [4.69, 9.17) is 5.73 Å². The molecule has 0 atom stereocenters. The number of fused-ring (bicyclic) bond motifs is 1. The fourth-order valence-corrected chi connectivity index (χ4v) is 1.64. The Morgan fingerprint density at radius 1 is 1.46 bits per heavy atom. The summed E-state index contributed by atoms with van der Waals surface area (Å²) < 4.78 is 0. The van der Waals surface area contributed by atoms with Crippen LogP contribution in [0.15, 0.2) is 24.4 Å². The van der Waals surface area contributed by atoms with E-state index in [1.54, 1.807) is 0 Å². The molecule has 0 spiro atoms. The van der Waals surface area contributed by atoms with Crippen LogP contribution in [-0.4, -0.2) is 11.4 Å². The van der Waals surface area contributed by atoms with Crippen molar-refractivity contribution in [1.29, 1.82) is 0 Å². The molecule has 0 saturated carbocycles. The molecule has 2 N–H and O–H groups in total. The minimum absolute atomic E-state index is 0.879. The maximum Gasteiger partial charge on any atom is 0.0430 e. The van der Waals surface area contributed by atoms with Gasteiger partial charge in [0.05, 0.1) is 0 Å². The van der Waals surface area contributed by atoms with Crippen molar-refractivity contribution in [1.82, 2.24) is 4.90 Å². The maximum atomic E-state index is 5.86. The van der Waals surface area contributed by atoms with Gasteiger partial charge in [-0.3, -0.25) is 0 Å². The number of rotatable bonds is 1. The first kappa shape index (κ1) is 8.17. The Bertz CT molecular complexity index is 342. The fourth-order valence-electron chi connectivity index (χ4n) is 1.64. The van der Waals surface area contributed by atoms with Crippen LogP contribution in [0.3, 0.4) is 0 Å². The van der Waals surface area contributed by atoms with Crippen LogP contribution in [-0.2, 0) is 6.54 Å². The van der Waals surface area contributed by atoms with Gasteiger partial charge in [0.15, 0.2) is 0 Å². The largest absolute Gasteiger partial charge is 0.398 e. The summed E-state index contributed by atoms with van der Waals surface area (Å²) in [6, 6.07) is 6.10. The minimum Gasteiger partial charge on any atom is -0.398 e. The van der Waals surface area contributed by atoms with E-state index in [2.05, 4.69) is 30.2 Å². The molecule has 2 nitrogen and oxygen atoms in total. The summed E-state index contributed by atoms with van der Waals surface area (Å²) in [5.74, 6) is 0. The second-order valence-corrected chi connectivity index (χ2v) is 3.30. The molecule has 2 rings (SSSR count). The third-order valence-corrected chi connectivity index (χ3v) is 2.46. The number of benzene rings is 1. The van der Waals surface area contributed by atoms with Crippen LogP contribution in [0.2, 0.25) is 0 Å². The lowest BCUT2D eigenvalue weighted by atomic mass is 10.0. The number of nitrogens with two attached hydrogens (primary N) is 1. The van der Waals surface area contributed by atoms with E-state index in [9.17, 15) is 0 Å². The smallest absolute Gasteiger partial charge is 0.0430 e. The highest BCUT2D eigenvalue weighted by Gasteiger charge is 2.10. The Hall–Kier alpha value is -1.44. The Balaban J connectivity index is 2.40. The molecule has 1 aliphatic rings. The van der Waals surface area contributed by atoms with Crippen LogP contribution in [0.4, 0.5) is 5.69 Å². The first-order valence-electron chi connectivity index (χ1n) is 4.61. The zero-order chi connectivity index (χ0) is 9.26. The molecule has 0 radical (unpaired) electrons. The standard InChI is InChI=1S/C11H14N2/c1-2-13-7-6-10-9(8-13)4-3-5-11(10)12/h3-7H,2,8,12H2,1H3. The Kier molecular flexibility index (Phi) is 1.97. The predicted molar refractivity (Wildman–Crippen MR) is 56.0 cm³/mol. The van der Waals surface area contributed by atoms with Gasteiger partial charge >= 0.3 is 0 Å². The summed E-state index contributed by atoms with van der Waals surface area (Å²) in [5.41, 5.74) is 9.25. The van der Waals surface area contributed by atoms with Gasteiger partial charge in [-0.25, -0.2) is 0 Å². The van der Waals surface area contributed by atoms with Crippen LogP contribution in [0.25, 0.3) is 6.08 Å². The average molecular weight is 174 g/mol. The molecule has 13 heavy (non-hydrogen) atoms. The molecule has 1 aromatic carbocycles. The van der Waals surface area contributed by atoms with Crippen molar-refractivity contribution in [2.24, 2.45) is 0 Å². The Labute approximate surface area is 78.7 Å². The van der Waals surface area contributed by atoms with Gasteiger partial charge in [0.25, 0.3) is 0 Å². The molecule has 0 fully saturated rings. The number of nitrogens with zero attached hydrogens (tertiary/aromatic N) is 1. The monoisotopic (exact) mass is 174 g/mol. The van der Waals surface area contributed by atoms with Crippen molar-refractivity contribution >= 4 is 11.8 Å². The van der Waals surface area contributed by atoms with Gasteiger partial charge in [-0.1, -0.05) is 12.1 Å². The van der Waals surface area contributed by atoms with E-state index in [1.807, 2.05) is 12.1 Å². The highest BCUT2D eigenvalue weighted by atomic mass is 15.1. The number of anilines is 1. The maximum absolute atomic E-state index is 5.86. The molecular formula is C11H14N2. The summed E-state index contributed by atoms with van der Waals surface area (Å²) in [5, 5.41) is 0. The first-order valence-corrected chi connectivity index (χ1v) is 4.61. The van der Waals surface area contributed by atoms with E-state index in [1.165, 1.54) is 11.1 Å². The molecule has 0 aliphatic carbocycles. The summed E-state index contributed by atoms with van der Waals surface area (Å²) in [7, 11) is 0. The molecule has 0 bridgehead atoms. The van der Waals surface area contributed by atoms with Crippen LogP contribution < -0.4 is 5.73 Å². The van der Waals surface area contributed by atoms with Gasteiger partial charge in [0.1, 0.15) is 0 Å². The number of nitrogen functional groups attached to an aromatic ring is 1. The van der Waals surface area contributed by atoms with Crippen LogP contribution in [0, 0.1) is 0 Å². The van der Waals surface area contributed by atoms with Crippen LogP contribution in [0.1, 0.15) is 18.1 Å². The highest BCUT2D eigenvalue weighted by molar-refractivity contribution is 5.68. The molecular weight excluding hydrogens is 160 g/mol. The van der Waals surface area contributed by atoms with Crippen molar-refractivity contribution in [2.45, 2.75) is 13.5 Å². The highest BCUT2D eigenvalue weighted by Crippen LogP contribution is 2.24. The van der Waals surface area contributed by atoms with Gasteiger partial charge in [0.2, 0.25) is 0 Å². The van der Waals surface area contributed by atoms with Gasteiger partial charge in [-0.05, 0) is 24.6 Å². The average Bonchev–Trinajstić information content (AvgIpc) is 2.18. The minimum atomic E-state index is 0.879. The molecule has 0 amide bonds. The van der Waals surface area contributed by atoms with Gasteiger partial charge in [-0.15, -0.1) is 0 Å². The van der Waals surface area contributed by atoms with Crippen molar-refractivity contribution in [3.63, 3.8) is 0 Å². The Morgan fingerprint density at radius 3 is 3.08 bits per heavy atom. The summed E-state index contributed by atoms with van der Waals surface area (Å²) in [4.78, 5) is 2.27. The third-order valence-electron chi connectivity index (χ3n) is 2.46. The van der Waals surface area contributed by atoms with E-state index in [-0.39, 0.29) is 0 Å². The quantitative estimate of drug-likeness (QED) is 0.660. The molecule has 68 valence electrons. The van der Waals surface area contributed by atoms with Gasteiger partial charge in [-0.2, -0.15) is 0 Å². The molecule has 0 saturated heterocycles. The van der Waals surface area contributed by atoms with Crippen molar-refractivity contribution < 1.29 is 0 Å². The molecule has 2 heteroatoms. The lowest BCUT2D eigenvalue weighted by Gasteiger charge is -2.24. The van der Waals surface area contributed by atoms with Gasteiger partial charge < -0.3 is 10.6 Å². The molecule has 1 aliphatic heterocycles. The van der Waals surface area contributed by atoms with E-state index in [0.717, 1.165) is 18.8 Å². The molecule has 1 heterocycles. The zero-order valence-corrected chi connectivity index (χ0v) is 7.83. The fraction of sp³-hybridized carbons (Fsp3) is 0.273. The second-order valence-electron chi connectivity index (χ2n) is 3.30. The van der Waals surface area contributed by atoms with Crippen LogP contribution >= 0.6 is 0 Å². The number of hydrogen-bond acceptors (Lipinski definition) is 2.